The SMILES string of the molecule is COc1c(C)cc(Nc2nc(Cl)ncc2F)cc1C. The fourth-order valence-corrected chi connectivity index (χ4v) is 2.05. The molecule has 2 rings (SSSR count). The van der Waals surface area contributed by atoms with Gasteiger partial charge in [0, 0.05) is 5.69 Å². The first-order valence-corrected chi connectivity index (χ1v) is 5.99. The van der Waals surface area contributed by atoms with Crippen molar-refractivity contribution in [3.8, 4) is 5.75 Å². The molecule has 0 amide bonds. The van der Waals surface area contributed by atoms with E-state index in [0.29, 0.717) is 5.69 Å². The molecule has 6 heteroatoms. The van der Waals surface area contributed by atoms with Crippen molar-refractivity contribution in [1.29, 1.82) is 0 Å². The second-order valence-electron chi connectivity index (χ2n) is 4.10. The third-order valence-electron chi connectivity index (χ3n) is 2.64. The van der Waals surface area contributed by atoms with Gasteiger partial charge in [-0.2, -0.15) is 4.98 Å². The molecular weight excluding hydrogens is 269 g/mol. The van der Waals surface area contributed by atoms with E-state index in [-0.39, 0.29) is 11.1 Å². The maximum Gasteiger partial charge on any atom is 0.224 e. The highest BCUT2D eigenvalue weighted by Crippen LogP contribution is 2.28. The van der Waals surface area contributed by atoms with Crippen LogP contribution in [0.5, 0.6) is 5.75 Å². The number of aromatic nitrogens is 2. The highest BCUT2D eigenvalue weighted by molar-refractivity contribution is 6.28. The lowest BCUT2D eigenvalue weighted by Crippen LogP contribution is -2.00. The number of hydrogen-bond acceptors (Lipinski definition) is 4. The van der Waals surface area contributed by atoms with Crippen molar-refractivity contribution in [3.63, 3.8) is 0 Å². The van der Waals surface area contributed by atoms with E-state index < -0.39 is 5.82 Å². The summed E-state index contributed by atoms with van der Waals surface area (Å²) in [5.41, 5.74) is 2.61. The number of halogens is 2. The molecule has 19 heavy (non-hydrogen) atoms. The number of hydrogen-bond donors (Lipinski definition) is 1. The second kappa shape index (κ2) is 5.40. The summed E-state index contributed by atoms with van der Waals surface area (Å²) in [7, 11) is 1.62. The summed E-state index contributed by atoms with van der Waals surface area (Å²) in [4.78, 5) is 7.37. The topological polar surface area (TPSA) is 47.0 Å². The molecule has 1 aromatic carbocycles. The van der Waals surface area contributed by atoms with Gasteiger partial charge in [0.05, 0.1) is 13.3 Å². The first kappa shape index (κ1) is 13.5. The number of ether oxygens (including phenoxy) is 1. The number of rotatable bonds is 3. The van der Waals surface area contributed by atoms with Crippen LogP contribution in [0.15, 0.2) is 18.3 Å². The van der Waals surface area contributed by atoms with Gasteiger partial charge in [0.15, 0.2) is 11.6 Å². The molecule has 0 radical (unpaired) electrons. The van der Waals surface area contributed by atoms with Crippen LogP contribution in [-0.2, 0) is 0 Å². The Kier molecular flexibility index (Phi) is 3.85. The summed E-state index contributed by atoms with van der Waals surface area (Å²) in [6.07, 6.45) is 1.03. The summed E-state index contributed by atoms with van der Waals surface area (Å²) < 4.78 is 18.8. The smallest absolute Gasteiger partial charge is 0.224 e. The molecule has 1 N–H and O–H groups in total. The molecule has 2 aromatic rings. The summed E-state index contributed by atoms with van der Waals surface area (Å²) in [5.74, 6) is 0.297. The molecule has 0 saturated carbocycles. The second-order valence-corrected chi connectivity index (χ2v) is 4.44. The molecule has 0 bridgehead atoms. The van der Waals surface area contributed by atoms with Gasteiger partial charge in [0.1, 0.15) is 5.75 Å². The zero-order valence-corrected chi connectivity index (χ0v) is 11.5. The van der Waals surface area contributed by atoms with E-state index in [1.807, 2.05) is 26.0 Å². The maximum atomic E-state index is 13.5. The van der Waals surface area contributed by atoms with E-state index in [2.05, 4.69) is 15.3 Å². The van der Waals surface area contributed by atoms with E-state index in [1.165, 1.54) is 0 Å². The largest absolute Gasteiger partial charge is 0.496 e. The Morgan fingerprint density at radius 3 is 2.47 bits per heavy atom. The van der Waals surface area contributed by atoms with Crippen molar-refractivity contribution in [1.82, 2.24) is 9.97 Å². The molecule has 0 spiro atoms. The van der Waals surface area contributed by atoms with E-state index in [0.717, 1.165) is 23.1 Å². The fraction of sp³-hybridized carbons (Fsp3) is 0.231. The molecule has 100 valence electrons. The van der Waals surface area contributed by atoms with Crippen LogP contribution in [0.2, 0.25) is 5.28 Å². The van der Waals surface area contributed by atoms with Crippen molar-refractivity contribution in [2.45, 2.75) is 13.8 Å². The zero-order chi connectivity index (χ0) is 14.0. The van der Waals surface area contributed by atoms with Crippen LogP contribution < -0.4 is 10.1 Å². The predicted molar refractivity (Wildman–Crippen MR) is 72.8 cm³/mol. The third-order valence-corrected chi connectivity index (χ3v) is 2.82. The Morgan fingerprint density at radius 1 is 1.26 bits per heavy atom. The number of anilines is 2. The van der Waals surface area contributed by atoms with Crippen LogP contribution in [0.1, 0.15) is 11.1 Å². The number of methoxy groups -OCH3 is 1. The predicted octanol–water partition coefficient (Wildman–Crippen LogP) is 3.64. The molecule has 0 aliphatic heterocycles. The molecule has 0 aliphatic rings. The lowest BCUT2D eigenvalue weighted by Gasteiger charge is -2.12. The highest BCUT2D eigenvalue weighted by atomic mass is 35.5. The Morgan fingerprint density at radius 2 is 1.89 bits per heavy atom. The summed E-state index contributed by atoms with van der Waals surface area (Å²) in [5, 5.41) is 2.87. The first-order chi connectivity index (χ1) is 9.01. The third kappa shape index (κ3) is 2.93. The van der Waals surface area contributed by atoms with Crippen LogP contribution in [0.25, 0.3) is 0 Å². The van der Waals surface area contributed by atoms with Crippen LogP contribution >= 0.6 is 11.6 Å². The van der Waals surface area contributed by atoms with E-state index in [9.17, 15) is 4.39 Å². The Labute approximate surface area is 115 Å². The van der Waals surface area contributed by atoms with E-state index in [4.69, 9.17) is 16.3 Å². The number of benzene rings is 1. The molecule has 0 fully saturated rings. The Bertz CT molecular complexity index is 596. The highest BCUT2D eigenvalue weighted by Gasteiger charge is 2.09. The average Bonchev–Trinajstić information content (AvgIpc) is 2.33. The van der Waals surface area contributed by atoms with E-state index >= 15 is 0 Å². The minimum atomic E-state index is -0.560. The quantitative estimate of drug-likeness (QED) is 0.873. The van der Waals surface area contributed by atoms with Crippen molar-refractivity contribution < 1.29 is 9.13 Å². The molecule has 0 unspecified atom stereocenters. The standard InChI is InChI=1S/C13H13ClFN3O/c1-7-4-9(5-8(2)11(7)19-3)17-12-10(15)6-16-13(14)18-12/h4-6H,1-3H3,(H,16,17,18). The Balaban J connectivity index is 2.36. The minimum absolute atomic E-state index is 0.00847. The zero-order valence-electron chi connectivity index (χ0n) is 10.8. The Hall–Kier alpha value is -1.88. The van der Waals surface area contributed by atoms with Gasteiger partial charge in [-0.1, -0.05) is 0 Å². The molecule has 0 atom stereocenters. The summed E-state index contributed by atoms with van der Waals surface area (Å²) >= 11 is 5.64. The van der Waals surface area contributed by atoms with Crippen LogP contribution in [0, 0.1) is 19.7 Å². The molecular formula is C13H13ClFN3O. The van der Waals surface area contributed by atoms with Gasteiger partial charge >= 0.3 is 0 Å². The average molecular weight is 282 g/mol. The van der Waals surface area contributed by atoms with E-state index in [1.54, 1.807) is 7.11 Å². The van der Waals surface area contributed by atoms with Crippen molar-refractivity contribution in [3.05, 3.63) is 40.6 Å². The number of aryl methyl sites for hydroxylation is 2. The fourth-order valence-electron chi connectivity index (χ4n) is 1.91. The van der Waals surface area contributed by atoms with Gasteiger partial charge in [-0.15, -0.1) is 0 Å². The van der Waals surface area contributed by atoms with Crippen molar-refractivity contribution in [2.24, 2.45) is 0 Å². The van der Waals surface area contributed by atoms with Gasteiger partial charge in [-0.3, -0.25) is 0 Å². The first-order valence-electron chi connectivity index (χ1n) is 5.61. The molecule has 1 heterocycles. The lowest BCUT2D eigenvalue weighted by molar-refractivity contribution is 0.408. The summed E-state index contributed by atoms with van der Waals surface area (Å²) in [6.45, 7) is 3.83. The molecule has 1 aromatic heterocycles. The van der Waals surface area contributed by atoms with Crippen LogP contribution in [0.4, 0.5) is 15.9 Å². The van der Waals surface area contributed by atoms with Crippen molar-refractivity contribution >= 4 is 23.1 Å². The maximum absolute atomic E-state index is 13.5. The number of nitrogens with zero attached hydrogens (tertiary/aromatic N) is 2. The molecule has 4 nitrogen and oxygen atoms in total. The molecule has 0 aliphatic carbocycles. The monoisotopic (exact) mass is 281 g/mol. The van der Waals surface area contributed by atoms with Gasteiger partial charge in [-0.25, -0.2) is 9.37 Å². The lowest BCUT2D eigenvalue weighted by atomic mass is 10.1. The van der Waals surface area contributed by atoms with Crippen molar-refractivity contribution in [2.75, 3.05) is 12.4 Å². The minimum Gasteiger partial charge on any atom is -0.496 e. The van der Waals surface area contributed by atoms with Crippen LogP contribution in [0.3, 0.4) is 0 Å². The van der Waals surface area contributed by atoms with Gasteiger partial charge in [0.2, 0.25) is 5.28 Å². The summed E-state index contributed by atoms with van der Waals surface area (Å²) in [6, 6.07) is 3.70. The number of nitrogens with one attached hydrogen (secondary N) is 1. The molecule has 0 saturated heterocycles. The van der Waals surface area contributed by atoms with Crippen LogP contribution in [-0.4, -0.2) is 17.1 Å². The van der Waals surface area contributed by atoms with Gasteiger partial charge < -0.3 is 10.1 Å². The normalized spacial score (nSPS) is 10.4. The van der Waals surface area contributed by atoms with Gasteiger partial charge in [0.25, 0.3) is 0 Å². The van der Waals surface area contributed by atoms with Gasteiger partial charge in [-0.05, 0) is 48.7 Å².